The van der Waals surface area contributed by atoms with Gasteiger partial charge in [-0.3, -0.25) is 0 Å². The fraction of sp³-hybridized carbons (Fsp3) is 0.462. The molecule has 0 aliphatic rings. The number of hydrogen-bond acceptors (Lipinski definition) is 6. The second kappa shape index (κ2) is 4.97. The van der Waals surface area contributed by atoms with E-state index < -0.39 is 5.60 Å². The Kier molecular flexibility index (Phi) is 3.53. The summed E-state index contributed by atoms with van der Waals surface area (Å²) in [7, 11) is 0. The zero-order chi connectivity index (χ0) is 14.0. The lowest BCUT2D eigenvalue weighted by Gasteiger charge is -2.29. The van der Waals surface area contributed by atoms with E-state index in [-0.39, 0.29) is 0 Å². The van der Waals surface area contributed by atoms with Crippen LogP contribution >= 0.6 is 0 Å². The maximum atomic E-state index is 9.98. The highest BCUT2D eigenvalue weighted by molar-refractivity contribution is 5.87. The largest absolute Gasteiger partial charge is 0.389 e. The number of nitrogens with zero attached hydrogens (tertiary/aromatic N) is 4. The third-order valence-corrected chi connectivity index (χ3v) is 2.76. The molecule has 0 radical (unpaired) electrons. The second-order valence-corrected chi connectivity index (χ2v) is 5.13. The molecule has 3 N–H and O–H groups in total. The van der Waals surface area contributed by atoms with Gasteiger partial charge in [0.1, 0.15) is 18.0 Å². The Morgan fingerprint density at radius 3 is 2.68 bits per heavy atom. The average Bonchev–Trinajstić information content (AvgIpc) is 2.34. The van der Waals surface area contributed by atoms with Crippen LogP contribution in [-0.4, -0.2) is 38.7 Å². The van der Waals surface area contributed by atoms with Crippen LogP contribution in [0.25, 0.3) is 11.0 Å². The maximum Gasteiger partial charge on any atom is 0.166 e. The number of pyridine rings is 1. The van der Waals surface area contributed by atoms with Crippen molar-refractivity contribution in [2.75, 3.05) is 23.7 Å². The molecule has 2 heterocycles. The van der Waals surface area contributed by atoms with Gasteiger partial charge in [-0.05, 0) is 32.9 Å². The van der Waals surface area contributed by atoms with Gasteiger partial charge in [0.05, 0.1) is 11.0 Å². The van der Waals surface area contributed by atoms with Crippen LogP contribution in [0.5, 0.6) is 0 Å². The highest BCUT2D eigenvalue weighted by Gasteiger charge is 2.20. The van der Waals surface area contributed by atoms with E-state index in [9.17, 15) is 5.11 Å². The molecule has 0 fully saturated rings. The summed E-state index contributed by atoms with van der Waals surface area (Å²) in [6.07, 6.45) is 1.47. The molecule has 0 bridgehead atoms. The first kappa shape index (κ1) is 13.5. The van der Waals surface area contributed by atoms with Crippen LogP contribution in [0.1, 0.15) is 20.8 Å². The van der Waals surface area contributed by atoms with Gasteiger partial charge >= 0.3 is 0 Å². The molecule has 2 aromatic heterocycles. The minimum absolute atomic E-state index is 0.433. The Morgan fingerprint density at radius 2 is 2.05 bits per heavy atom. The van der Waals surface area contributed by atoms with Crippen LogP contribution in [0.3, 0.4) is 0 Å². The predicted molar refractivity (Wildman–Crippen MR) is 75.9 cm³/mol. The number of nitrogens with two attached hydrogens (primary N) is 1. The summed E-state index contributed by atoms with van der Waals surface area (Å²) in [5.74, 6) is 1.20. The van der Waals surface area contributed by atoms with Crippen molar-refractivity contribution in [2.24, 2.45) is 0 Å². The quantitative estimate of drug-likeness (QED) is 0.860. The third kappa shape index (κ3) is 3.08. The highest BCUT2D eigenvalue weighted by Crippen LogP contribution is 2.23. The predicted octanol–water partition coefficient (Wildman–Crippen LogP) is 1.20. The smallest absolute Gasteiger partial charge is 0.166 e. The molecule has 6 heteroatoms. The lowest BCUT2D eigenvalue weighted by atomic mass is 10.1. The topological polar surface area (TPSA) is 88.2 Å². The lowest BCUT2D eigenvalue weighted by Crippen LogP contribution is -2.39. The van der Waals surface area contributed by atoms with Gasteiger partial charge in [-0.15, -0.1) is 0 Å². The van der Waals surface area contributed by atoms with Crippen molar-refractivity contribution in [2.45, 2.75) is 26.4 Å². The highest BCUT2D eigenvalue weighted by atomic mass is 16.3. The molecule has 0 atom stereocenters. The van der Waals surface area contributed by atoms with Crippen molar-refractivity contribution in [3.05, 3.63) is 18.5 Å². The Bertz CT molecular complexity index is 579. The maximum absolute atomic E-state index is 9.98. The van der Waals surface area contributed by atoms with Crippen LogP contribution in [0.4, 0.5) is 11.6 Å². The molecular formula is C13H19N5O. The standard InChI is InChI=1S/C13H19N5O/c1-4-18(7-13(2,3)19)12-9-5-6-10(14)17-11(9)15-8-16-12/h5-6,8,19H,4,7H2,1-3H3,(H2,14,15,16,17). The van der Waals surface area contributed by atoms with E-state index in [0.29, 0.717) is 18.0 Å². The first-order valence-corrected chi connectivity index (χ1v) is 6.25. The Balaban J connectivity index is 2.48. The van der Waals surface area contributed by atoms with Crippen molar-refractivity contribution in [3.8, 4) is 0 Å². The molecule has 0 aliphatic heterocycles. The molecule has 2 rings (SSSR count). The fourth-order valence-corrected chi connectivity index (χ4v) is 2.00. The van der Waals surface area contributed by atoms with Crippen LogP contribution in [-0.2, 0) is 0 Å². The van der Waals surface area contributed by atoms with Crippen LogP contribution < -0.4 is 10.6 Å². The molecular weight excluding hydrogens is 242 g/mol. The normalized spacial score (nSPS) is 11.8. The number of hydrogen-bond donors (Lipinski definition) is 2. The van der Waals surface area contributed by atoms with Gasteiger partial charge in [0.2, 0.25) is 0 Å². The van der Waals surface area contributed by atoms with Crippen molar-refractivity contribution in [3.63, 3.8) is 0 Å². The van der Waals surface area contributed by atoms with Crippen LogP contribution in [0.15, 0.2) is 18.5 Å². The first-order chi connectivity index (χ1) is 8.90. The third-order valence-electron chi connectivity index (χ3n) is 2.76. The molecule has 19 heavy (non-hydrogen) atoms. The molecule has 2 aromatic rings. The van der Waals surface area contributed by atoms with E-state index in [1.54, 1.807) is 19.9 Å². The monoisotopic (exact) mass is 261 g/mol. The summed E-state index contributed by atoms with van der Waals surface area (Å²) in [6, 6.07) is 3.59. The summed E-state index contributed by atoms with van der Waals surface area (Å²) < 4.78 is 0. The Morgan fingerprint density at radius 1 is 1.32 bits per heavy atom. The minimum Gasteiger partial charge on any atom is -0.389 e. The van der Waals surface area contributed by atoms with E-state index in [2.05, 4.69) is 15.0 Å². The molecule has 0 saturated carbocycles. The van der Waals surface area contributed by atoms with Gasteiger partial charge in [0, 0.05) is 13.1 Å². The number of nitrogen functional groups attached to an aromatic ring is 1. The SMILES string of the molecule is CCN(CC(C)(C)O)c1ncnc2nc(N)ccc12. The number of anilines is 2. The summed E-state index contributed by atoms with van der Waals surface area (Å²) in [5, 5.41) is 10.8. The summed E-state index contributed by atoms with van der Waals surface area (Å²) >= 11 is 0. The number of aromatic nitrogens is 3. The lowest BCUT2D eigenvalue weighted by molar-refractivity contribution is 0.0875. The molecule has 6 nitrogen and oxygen atoms in total. The van der Waals surface area contributed by atoms with E-state index in [1.807, 2.05) is 17.9 Å². The molecule has 0 aliphatic carbocycles. The molecule has 0 saturated heterocycles. The average molecular weight is 261 g/mol. The second-order valence-electron chi connectivity index (χ2n) is 5.13. The van der Waals surface area contributed by atoms with Gasteiger partial charge in [0.25, 0.3) is 0 Å². The van der Waals surface area contributed by atoms with E-state index in [4.69, 9.17) is 5.73 Å². The summed E-state index contributed by atoms with van der Waals surface area (Å²) in [4.78, 5) is 14.6. The number of fused-ring (bicyclic) bond motifs is 1. The van der Waals surface area contributed by atoms with Crippen molar-refractivity contribution in [1.82, 2.24) is 15.0 Å². The summed E-state index contributed by atoms with van der Waals surface area (Å²) in [5.41, 5.74) is 5.43. The van der Waals surface area contributed by atoms with E-state index >= 15 is 0 Å². The zero-order valence-corrected chi connectivity index (χ0v) is 11.5. The van der Waals surface area contributed by atoms with Gasteiger partial charge in [-0.25, -0.2) is 15.0 Å². The molecule has 0 aromatic carbocycles. The van der Waals surface area contributed by atoms with Crippen LogP contribution in [0.2, 0.25) is 0 Å². The zero-order valence-electron chi connectivity index (χ0n) is 11.5. The van der Waals surface area contributed by atoms with Gasteiger partial charge in [-0.2, -0.15) is 0 Å². The minimum atomic E-state index is -0.797. The Hall–Kier alpha value is -1.95. The van der Waals surface area contributed by atoms with Gasteiger partial charge in [0.15, 0.2) is 5.65 Å². The fourth-order valence-electron chi connectivity index (χ4n) is 2.00. The molecule has 102 valence electrons. The Labute approximate surface area is 112 Å². The molecule has 0 unspecified atom stereocenters. The van der Waals surface area contributed by atoms with E-state index in [0.717, 1.165) is 17.7 Å². The van der Waals surface area contributed by atoms with Gasteiger partial charge in [-0.1, -0.05) is 0 Å². The van der Waals surface area contributed by atoms with Crippen molar-refractivity contribution in [1.29, 1.82) is 0 Å². The van der Waals surface area contributed by atoms with E-state index in [1.165, 1.54) is 6.33 Å². The molecule has 0 amide bonds. The molecule has 0 spiro atoms. The summed E-state index contributed by atoms with van der Waals surface area (Å²) in [6.45, 7) is 6.79. The van der Waals surface area contributed by atoms with Crippen molar-refractivity contribution >= 4 is 22.7 Å². The number of likely N-dealkylation sites (N-methyl/N-ethyl adjacent to an activating group) is 1. The van der Waals surface area contributed by atoms with Crippen LogP contribution in [0, 0.1) is 0 Å². The van der Waals surface area contributed by atoms with Crippen molar-refractivity contribution < 1.29 is 5.11 Å². The number of rotatable bonds is 4. The number of aliphatic hydroxyl groups is 1. The first-order valence-electron chi connectivity index (χ1n) is 6.25. The van der Waals surface area contributed by atoms with Gasteiger partial charge < -0.3 is 15.7 Å².